The van der Waals surface area contributed by atoms with Gasteiger partial charge in [-0.1, -0.05) is 18.2 Å². The van der Waals surface area contributed by atoms with E-state index in [0.29, 0.717) is 6.54 Å². The average Bonchev–Trinajstić information content (AvgIpc) is 3.16. The quantitative estimate of drug-likeness (QED) is 0.751. The van der Waals surface area contributed by atoms with E-state index in [2.05, 4.69) is 5.10 Å². The van der Waals surface area contributed by atoms with E-state index in [4.69, 9.17) is 0 Å². The summed E-state index contributed by atoms with van der Waals surface area (Å²) < 4.78 is 1.73. The third-order valence-electron chi connectivity index (χ3n) is 4.03. The lowest BCUT2D eigenvalue weighted by atomic mass is 10.3. The van der Waals surface area contributed by atoms with Crippen LogP contribution < -0.4 is 0 Å². The molecule has 1 aromatic heterocycles. The van der Waals surface area contributed by atoms with Gasteiger partial charge in [0.2, 0.25) is 5.91 Å². The Balaban J connectivity index is 1.61. The molecule has 2 aromatic rings. The van der Waals surface area contributed by atoms with E-state index in [1.54, 1.807) is 17.9 Å². The van der Waals surface area contributed by atoms with Crippen molar-refractivity contribution in [2.45, 2.75) is 6.54 Å². The van der Waals surface area contributed by atoms with Crippen LogP contribution in [0.25, 0.3) is 5.69 Å². The Morgan fingerprint density at radius 3 is 2.60 bits per heavy atom. The second kappa shape index (κ2) is 6.76. The highest BCUT2D eigenvalue weighted by Gasteiger charge is 2.35. The van der Waals surface area contributed by atoms with Crippen LogP contribution in [0.5, 0.6) is 0 Å². The van der Waals surface area contributed by atoms with Gasteiger partial charge in [0.05, 0.1) is 11.9 Å². The number of amides is 4. The van der Waals surface area contributed by atoms with Crippen molar-refractivity contribution in [1.29, 1.82) is 0 Å². The molecule has 0 unspecified atom stereocenters. The summed E-state index contributed by atoms with van der Waals surface area (Å²) in [6, 6.07) is 9.21. The standard InChI is InChI=1S/C17H19N5O3/c1-19(15(23)12-21-16(24)11-20(2)17(21)25)9-13-8-18-22(10-13)14-6-4-3-5-7-14/h3-8,10H,9,11-12H2,1-2H3. The lowest BCUT2D eigenvalue weighted by Gasteiger charge is -2.20. The molecule has 0 N–H and O–H groups in total. The van der Waals surface area contributed by atoms with E-state index in [0.717, 1.165) is 16.2 Å². The van der Waals surface area contributed by atoms with Crippen molar-refractivity contribution in [1.82, 2.24) is 24.5 Å². The number of carbonyl (C=O) groups is 3. The Labute approximate surface area is 145 Å². The molecule has 25 heavy (non-hydrogen) atoms. The second-order valence-electron chi connectivity index (χ2n) is 6.00. The maximum absolute atomic E-state index is 12.3. The maximum atomic E-state index is 12.3. The molecule has 0 saturated carbocycles. The fourth-order valence-electron chi connectivity index (χ4n) is 2.61. The van der Waals surface area contributed by atoms with Gasteiger partial charge in [0, 0.05) is 32.4 Å². The third-order valence-corrected chi connectivity index (χ3v) is 4.03. The Morgan fingerprint density at radius 1 is 1.24 bits per heavy atom. The predicted octanol–water partition coefficient (Wildman–Crippen LogP) is 0.725. The first-order chi connectivity index (χ1) is 12.0. The summed E-state index contributed by atoms with van der Waals surface area (Å²) in [5, 5.41) is 4.29. The summed E-state index contributed by atoms with van der Waals surface area (Å²) in [6.07, 6.45) is 3.54. The lowest BCUT2D eigenvalue weighted by molar-refractivity contribution is -0.136. The summed E-state index contributed by atoms with van der Waals surface area (Å²) in [6.45, 7) is 0.114. The Hall–Kier alpha value is -3.16. The van der Waals surface area contributed by atoms with Gasteiger partial charge in [-0.2, -0.15) is 5.10 Å². The molecule has 2 heterocycles. The summed E-state index contributed by atoms with van der Waals surface area (Å²) in [5.74, 6) is -0.657. The van der Waals surface area contributed by atoms with Gasteiger partial charge in [-0.3, -0.25) is 14.5 Å². The van der Waals surface area contributed by atoms with Gasteiger partial charge < -0.3 is 9.80 Å². The van der Waals surface area contributed by atoms with Crippen LogP contribution >= 0.6 is 0 Å². The Morgan fingerprint density at radius 2 is 1.96 bits per heavy atom. The third kappa shape index (κ3) is 3.52. The van der Waals surface area contributed by atoms with Crippen LogP contribution in [-0.2, 0) is 16.1 Å². The van der Waals surface area contributed by atoms with Crippen LogP contribution in [0.2, 0.25) is 0 Å². The van der Waals surface area contributed by atoms with Crippen LogP contribution in [0.3, 0.4) is 0 Å². The monoisotopic (exact) mass is 341 g/mol. The molecule has 0 spiro atoms. The molecule has 8 nitrogen and oxygen atoms in total. The van der Waals surface area contributed by atoms with Crippen LogP contribution in [0, 0.1) is 0 Å². The van der Waals surface area contributed by atoms with Crippen molar-refractivity contribution >= 4 is 17.8 Å². The molecule has 0 aliphatic carbocycles. The number of urea groups is 1. The lowest BCUT2D eigenvalue weighted by Crippen LogP contribution is -2.41. The number of para-hydroxylation sites is 1. The highest BCUT2D eigenvalue weighted by molar-refractivity contribution is 6.04. The normalized spacial score (nSPS) is 14.3. The van der Waals surface area contributed by atoms with Crippen molar-refractivity contribution in [3.8, 4) is 5.69 Å². The minimum absolute atomic E-state index is 0.0136. The summed E-state index contributed by atoms with van der Waals surface area (Å²) in [5.41, 5.74) is 1.79. The fourth-order valence-corrected chi connectivity index (χ4v) is 2.61. The van der Waals surface area contributed by atoms with Crippen LogP contribution in [0.4, 0.5) is 4.79 Å². The van der Waals surface area contributed by atoms with Gasteiger partial charge in [-0.15, -0.1) is 0 Å². The number of carbonyl (C=O) groups excluding carboxylic acids is 3. The number of hydrogen-bond donors (Lipinski definition) is 0. The molecule has 1 saturated heterocycles. The first-order valence-corrected chi connectivity index (χ1v) is 7.84. The molecule has 0 bridgehead atoms. The van der Waals surface area contributed by atoms with E-state index in [9.17, 15) is 14.4 Å². The Kier molecular flexibility index (Phi) is 4.51. The molecule has 0 atom stereocenters. The topological polar surface area (TPSA) is 78.8 Å². The number of hydrogen-bond acceptors (Lipinski definition) is 4. The van der Waals surface area contributed by atoms with Crippen molar-refractivity contribution in [2.24, 2.45) is 0 Å². The smallest absolute Gasteiger partial charge is 0.327 e. The highest BCUT2D eigenvalue weighted by atomic mass is 16.2. The first kappa shape index (κ1) is 16.7. The molecule has 0 radical (unpaired) electrons. The van der Waals surface area contributed by atoms with E-state index < -0.39 is 6.03 Å². The maximum Gasteiger partial charge on any atom is 0.327 e. The summed E-state index contributed by atoms with van der Waals surface area (Å²) in [7, 11) is 3.17. The number of rotatable bonds is 5. The number of aromatic nitrogens is 2. The van der Waals surface area contributed by atoms with Crippen LogP contribution in [0.15, 0.2) is 42.7 Å². The van der Waals surface area contributed by atoms with Crippen molar-refractivity contribution < 1.29 is 14.4 Å². The molecule has 1 aliphatic rings. The van der Waals surface area contributed by atoms with Crippen molar-refractivity contribution in [3.63, 3.8) is 0 Å². The van der Waals surface area contributed by atoms with E-state index >= 15 is 0 Å². The zero-order valence-electron chi connectivity index (χ0n) is 14.1. The number of nitrogens with zero attached hydrogens (tertiary/aromatic N) is 5. The zero-order valence-corrected chi connectivity index (χ0v) is 14.1. The average molecular weight is 341 g/mol. The minimum atomic E-state index is -0.441. The highest BCUT2D eigenvalue weighted by Crippen LogP contribution is 2.11. The summed E-state index contributed by atoms with van der Waals surface area (Å²) in [4.78, 5) is 39.6. The zero-order chi connectivity index (χ0) is 18.0. The van der Waals surface area contributed by atoms with Gasteiger partial charge in [0.1, 0.15) is 13.1 Å². The first-order valence-electron chi connectivity index (χ1n) is 7.84. The molecule has 3 rings (SSSR count). The van der Waals surface area contributed by atoms with Crippen LogP contribution in [0.1, 0.15) is 5.56 Å². The molecule has 8 heteroatoms. The minimum Gasteiger partial charge on any atom is -0.340 e. The van der Waals surface area contributed by atoms with E-state index in [-0.39, 0.29) is 24.9 Å². The molecule has 1 aromatic carbocycles. The van der Waals surface area contributed by atoms with Gasteiger partial charge in [0.25, 0.3) is 5.91 Å². The fraction of sp³-hybridized carbons (Fsp3) is 0.294. The van der Waals surface area contributed by atoms with Gasteiger partial charge in [-0.25, -0.2) is 9.48 Å². The van der Waals surface area contributed by atoms with Crippen LogP contribution in [-0.4, -0.2) is 69.5 Å². The molecule has 4 amide bonds. The second-order valence-corrected chi connectivity index (χ2v) is 6.00. The van der Waals surface area contributed by atoms with Gasteiger partial charge in [-0.05, 0) is 12.1 Å². The van der Waals surface area contributed by atoms with E-state index in [1.807, 2.05) is 36.5 Å². The summed E-state index contributed by atoms with van der Waals surface area (Å²) >= 11 is 0. The largest absolute Gasteiger partial charge is 0.340 e. The van der Waals surface area contributed by atoms with Crippen molar-refractivity contribution in [3.05, 3.63) is 48.3 Å². The molecule has 1 aliphatic heterocycles. The predicted molar refractivity (Wildman–Crippen MR) is 89.8 cm³/mol. The molecule has 130 valence electrons. The van der Waals surface area contributed by atoms with Gasteiger partial charge >= 0.3 is 6.03 Å². The SMILES string of the molecule is CN(Cc1cnn(-c2ccccc2)c1)C(=O)CN1C(=O)CN(C)C1=O. The number of likely N-dealkylation sites (N-methyl/N-ethyl adjacent to an activating group) is 2. The number of imide groups is 1. The van der Waals surface area contributed by atoms with E-state index in [1.165, 1.54) is 16.8 Å². The Bertz CT molecular complexity index is 802. The molecular formula is C17H19N5O3. The number of benzene rings is 1. The van der Waals surface area contributed by atoms with Gasteiger partial charge in [0.15, 0.2) is 0 Å². The van der Waals surface area contributed by atoms with Crippen molar-refractivity contribution in [2.75, 3.05) is 27.2 Å². The molecular weight excluding hydrogens is 322 g/mol. The molecule has 1 fully saturated rings.